The molecule has 3 rings (SSSR count). The van der Waals surface area contributed by atoms with Gasteiger partial charge in [-0.05, 0) is 48.7 Å². The van der Waals surface area contributed by atoms with Gasteiger partial charge >= 0.3 is 0 Å². The number of ether oxygens (including phenoxy) is 1. The van der Waals surface area contributed by atoms with Gasteiger partial charge in [-0.1, -0.05) is 29.8 Å². The van der Waals surface area contributed by atoms with E-state index in [1.54, 1.807) is 0 Å². The third-order valence-corrected chi connectivity index (χ3v) is 4.34. The predicted octanol–water partition coefficient (Wildman–Crippen LogP) is 4.48. The van der Waals surface area contributed by atoms with Gasteiger partial charge in [0.2, 0.25) is 0 Å². The fraction of sp³-hybridized carbons (Fsp3) is 0.294. The van der Waals surface area contributed by atoms with Crippen LogP contribution in [-0.4, -0.2) is 0 Å². The maximum atomic E-state index is 6.29. The third-order valence-electron chi connectivity index (χ3n) is 4.10. The molecule has 2 aromatic rings. The van der Waals surface area contributed by atoms with Gasteiger partial charge in [-0.25, -0.2) is 0 Å². The maximum Gasteiger partial charge on any atom is 0.126 e. The van der Waals surface area contributed by atoms with Crippen LogP contribution in [0.5, 0.6) is 5.75 Å². The molecule has 2 nitrogen and oxygen atoms in total. The molecule has 0 aliphatic carbocycles. The van der Waals surface area contributed by atoms with E-state index >= 15 is 0 Å². The number of aryl methyl sites for hydroxylation is 1. The molecule has 0 radical (unpaired) electrons. The Kier molecular flexibility index (Phi) is 3.45. The Morgan fingerprint density at radius 3 is 2.75 bits per heavy atom. The summed E-state index contributed by atoms with van der Waals surface area (Å²) in [5.41, 5.74) is 11.1. The topological polar surface area (TPSA) is 35.2 Å². The first-order valence-electron chi connectivity index (χ1n) is 6.84. The molecule has 2 atom stereocenters. The van der Waals surface area contributed by atoms with E-state index < -0.39 is 0 Å². The van der Waals surface area contributed by atoms with Crippen molar-refractivity contribution in [3.8, 4) is 5.75 Å². The molecular weight excluding hydrogens is 270 g/mol. The molecule has 0 aromatic heterocycles. The first-order chi connectivity index (χ1) is 9.56. The van der Waals surface area contributed by atoms with Gasteiger partial charge in [0.25, 0.3) is 0 Å². The lowest BCUT2D eigenvalue weighted by Gasteiger charge is -2.31. The van der Waals surface area contributed by atoms with Crippen LogP contribution in [-0.2, 0) is 0 Å². The Morgan fingerprint density at radius 1 is 1.15 bits per heavy atom. The highest BCUT2D eigenvalue weighted by Crippen LogP contribution is 2.41. The number of nitrogens with two attached hydrogens (primary N) is 1. The van der Waals surface area contributed by atoms with Crippen molar-refractivity contribution in [3.05, 3.63) is 63.7 Å². The molecule has 0 bridgehead atoms. The predicted molar refractivity (Wildman–Crippen MR) is 82.3 cm³/mol. The van der Waals surface area contributed by atoms with Crippen LogP contribution in [0.15, 0.2) is 36.4 Å². The summed E-state index contributed by atoms with van der Waals surface area (Å²) in [6.45, 7) is 4.26. The summed E-state index contributed by atoms with van der Waals surface area (Å²) in [6, 6.07) is 11.9. The summed E-state index contributed by atoms with van der Waals surface area (Å²) in [5.74, 6) is 0.846. The molecule has 0 fully saturated rings. The summed E-state index contributed by atoms with van der Waals surface area (Å²) < 4.78 is 6.14. The minimum absolute atomic E-state index is 0.0126. The molecule has 0 spiro atoms. The Hall–Kier alpha value is -1.51. The minimum atomic E-state index is -0.0395. The summed E-state index contributed by atoms with van der Waals surface area (Å²) in [7, 11) is 0. The van der Waals surface area contributed by atoms with Crippen molar-refractivity contribution in [3.63, 3.8) is 0 Å². The van der Waals surface area contributed by atoms with E-state index in [1.807, 2.05) is 18.2 Å². The highest BCUT2D eigenvalue weighted by atomic mass is 35.5. The van der Waals surface area contributed by atoms with Crippen LogP contribution >= 0.6 is 11.6 Å². The molecule has 1 aliphatic rings. The zero-order chi connectivity index (χ0) is 14.3. The van der Waals surface area contributed by atoms with Crippen molar-refractivity contribution < 1.29 is 4.74 Å². The normalized spacial score (nSPS) is 21.2. The Bertz CT molecular complexity index is 653. The molecule has 104 valence electrons. The smallest absolute Gasteiger partial charge is 0.126 e. The highest BCUT2D eigenvalue weighted by Gasteiger charge is 2.28. The highest BCUT2D eigenvalue weighted by molar-refractivity contribution is 6.30. The van der Waals surface area contributed by atoms with Crippen LogP contribution in [0.4, 0.5) is 0 Å². The lowest BCUT2D eigenvalue weighted by molar-refractivity contribution is 0.161. The molecule has 2 aromatic carbocycles. The minimum Gasteiger partial charge on any atom is -0.485 e. The quantitative estimate of drug-likeness (QED) is 0.839. The molecule has 1 aliphatic heterocycles. The number of halogens is 1. The summed E-state index contributed by atoms with van der Waals surface area (Å²) >= 11 is 6.03. The SMILES string of the molecule is Cc1cccc(C2C[C@H](N)c3cc(Cl)ccc3O2)c1C. The first kappa shape index (κ1) is 13.5. The fourth-order valence-electron chi connectivity index (χ4n) is 2.79. The van der Waals surface area contributed by atoms with Gasteiger partial charge in [-0.15, -0.1) is 0 Å². The number of rotatable bonds is 1. The Balaban J connectivity index is 1.99. The molecule has 1 unspecified atom stereocenters. The van der Waals surface area contributed by atoms with Crippen LogP contribution in [0.3, 0.4) is 0 Å². The van der Waals surface area contributed by atoms with Crippen molar-refractivity contribution in [2.45, 2.75) is 32.4 Å². The molecular formula is C17H18ClNO. The van der Waals surface area contributed by atoms with Gasteiger partial charge in [0.15, 0.2) is 0 Å². The van der Waals surface area contributed by atoms with Gasteiger partial charge in [0.05, 0.1) is 0 Å². The van der Waals surface area contributed by atoms with Crippen molar-refractivity contribution in [2.75, 3.05) is 0 Å². The van der Waals surface area contributed by atoms with E-state index in [4.69, 9.17) is 22.1 Å². The molecule has 1 heterocycles. The van der Waals surface area contributed by atoms with E-state index in [-0.39, 0.29) is 12.1 Å². The second kappa shape index (κ2) is 5.12. The lowest BCUT2D eigenvalue weighted by Crippen LogP contribution is -2.24. The Labute approximate surface area is 124 Å². The van der Waals surface area contributed by atoms with E-state index in [0.29, 0.717) is 5.02 Å². The number of benzene rings is 2. The van der Waals surface area contributed by atoms with Crippen LogP contribution in [0.1, 0.15) is 40.8 Å². The number of fused-ring (bicyclic) bond motifs is 1. The lowest BCUT2D eigenvalue weighted by atomic mass is 9.90. The van der Waals surface area contributed by atoms with E-state index in [1.165, 1.54) is 16.7 Å². The number of hydrogen-bond donors (Lipinski definition) is 1. The molecule has 0 saturated carbocycles. The fourth-order valence-corrected chi connectivity index (χ4v) is 2.97. The van der Waals surface area contributed by atoms with Gasteiger partial charge in [0, 0.05) is 23.0 Å². The van der Waals surface area contributed by atoms with Gasteiger partial charge in [-0.2, -0.15) is 0 Å². The molecule has 0 saturated heterocycles. The summed E-state index contributed by atoms with van der Waals surface area (Å²) in [6.07, 6.45) is 0.788. The van der Waals surface area contributed by atoms with Crippen LogP contribution in [0.2, 0.25) is 5.02 Å². The van der Waals surface area contributed by atoms with Gasteiger partial charge in [0.1, 0.15) is 11.9 Å². The van der Waals surface area contributed by atoms with Crippen molar-refractivity contribution in [2.24, 2.45) is 5.73 Å². The van der Waals surface area contributed by atoms with Crippen LogP contribution in [0.25, 0.3) is 0 Å². The monoisotopic (exact) mass is 287 g/mol. The first-order valence-corrected chi connectivity index (χ1v) is 7.22. The Morgan fingerprint density at radius 2 is 1.95 bits per heavy atom. The summed E-state index contributed by atoms with van der Waals surface area (Å²) in [4.78, 5) is 0. The molecule has 20 heavy (non-hydrogen) atoms. The second-order valence-electron chi connectivity index (χ2n) is 5.42. The maximum absolute atomic E-state index is 6.29. The number of hydrogen-bond acceptors (Lipinski definition) is 2. The average molecular weight is 288 g/mol. The van der Waals surface area contributed by atoms with Gasteiger partial charge < -0.3 is 10.5 Å². The molecule has 0 amide bonds. The summed E-state index contributed by atoms with van der Waals surface area (Å²) in [5, 5.41) is 0.702. The molecule has 3 heteroatoms. The third kappa shape index (κ3) is 2.30. The molecule has 2 N–H and O–H groups in total. The average Bonchev–Trinajstić information content (AvgIpc) is 2.42. The largest absolute Gasteiger partial charge is 0.485 e. The van der Waals surface area contributed by atoms with Gasteiger partial charge in [-0.3, -0.25) is 0 Å². The van der Waals surface area contributed by atoms with Crippen molar-refractivity contribution >= 4 is 11.6 Å². The van der Waals surface area contributed by atoms with E-state index in [9.17, 15) is 0 Å². The van der Waals surface area contributed by atoms with Crippen molar-refractivity contribution in [1.29, 1.82) is 0 Å². The zero-order valence-electron chi connectivity index (χ0n) is 11.7. The standard InChI is InChI=1S/C17H18ClNO/c1-10-4-3-5-13(11(10)2)17-9-15(19)14-8-12(18)6-7-16(14)20-17/h3-8,15,17H,9,19H2,1-2H3/t15-,17?/m0/s1. The van der Waals surface area contributed by atoms with E-state index in [2.05, 4.69) is 32.0 Å². The van der Waals surface area contributed by atoms with E-state index in [0.717, 1.165) is 17.7 Å². The van der Waals surface area contributed by atoms with Crippen molar-refractivity contribution in [1.82, 2.24) is 0 Å². The van der Waals surface area contributed by atoms with Crippen LogP contribution in [0, 0.1) is 13.8 Å². The zero-order valence-corrected chi connectivity index (χ0v) is 12.4. The van der Waals surface area contributed by atoms with Crippen LogP contribution < -0.4 is 10.5 Å². The second-order valence-corrected chi connectivity index (χ2v) is 5.86.